The van der Waals surface area contributed by atoms with E-state index in [0.717, 1.165) is 0 Å². The fourth-order valence-electron chi connectivity index (χ4n) is 1.86. The van der Waals surface area contributed by atoms with Crippen LogP contribution in [0, 0.1) is 17.1 Å². The Kier molecular flexibility index (Phi) is 4.75. The van der Waals surface area contributed by atoms with Gasteiger partial charge in [-0.2, -0.15) is 5.26 Å². The third kappa shape index (κ3) is 3.50. The van der Waals surface area contributed by atoms with E-state index in [-0.39, 0.29) is 18.8 Å². The van der Waals surface area contributed by atoms with Crippen LogP contribution >= 0.6 is 0 Å². The molecule has 1 N–H and O–H groups in total. The van der Waals surface area contributed by atoms with E-state index in [1.54, 1.807) is 37.4 Å². The maximum atomic E-state index is 13.2. The molecule has 2 aromatic carbocycles. The Hall–Kier alpha value is -2.58. The lowest BCUT2D eigenvalue weighted by Gasteiger charge is -2.11. The molecule has 0 spiro atoms. The highest BCUT2D eigenvalue weighted by atomic mass is 19.1. The van der Waals surface area contributed by atoms with Crippen molar-refractivity contribution >= 4 is 0 Å². The number of ether oxygens (including phenoxy) is 2. The van der Waals surface area contributed by atoms with Gasteiger partial charge in [0.15, 0.2) is 0 Å². The van der Waals surface area contributed by atoms with E-state index in [1.807, 2.05) is 0 Å². The lowest BCUT2D eigenvalue weighted by Crippen LogP contribution is -2.00. The van der Waals surface area contributed by atoms with Crippen molar-refractivity contribution in [3.63, 3.8) is 0 Å². The van der Waals surface area contributed by atoms with Crippen molar-refractivity contribution in [1.29, 1.82) is 5.26 Å². The molecule has 108 valence electrons. The van der Waals surface area contributed by atoms with Crippen LogP contribution in [0.25, 0.3) is 0 Å². The molecule has 0 aromatic heterocycles. The van der Waals surface area contributed by atoms with E-state index in [0.29, 0.717) is 22.6 Å². The highest BCUT2D eigenvalue weighted by Crippen LogP contribution is 2.25. The number of hydrogen-bond acceptors (Lipinski definition) is 4. The summed E-state index contributed by atoms with van der Waals surface area (Å²) >= 11 is 0. The van der Waals surface area contributed by atoms with Gasteiger partial charge in [0.05, 0.1) is 19.3 Å². The Labute approximate surface area is 122 Å². The zero-order valence-electron chi connectivity index (χ0n) is 11.5. The number of nitriles is 1. The molecule has 4 nitrogen and oxygen atoms in total. The van der Waals surface area contributed by atoms with Crippen LogP contribution in [-0.4, -0.2) is 12.2 Å². The molecule has 2 aromatic rings. The van der Waals surface area contributed by atoms with Gasteiger partial charge in [-0.15, -0.1) is 0 Å². The third-order valence-corrected chi connectivity index (χ3v) is 2.98. The summed E-state index contributed by atoms with van der Waals surface area (Å²) in [6, 6.07) is 11.1. The van der Waals surface area contributed by atoms with Crippen molar-refractivity contribution in [1.82, 2.24) is 0 Å². The standard InChI is InChI=1S/C16H14FNO3/c1-20-14-3-5-16(13(7-14)9-19)21-10-11-2-4-15(17)12(6-11)8-18/h2-7,19H,9-10H2,1H3. The monoisotopic (exact) mass is 287 g/mol. The Balaban J connectivity index is 2.15. The van der Waals surface area contributed by atoms with Gasteiger partial charge in [0.2, 0.25) is 0 Å². The van der Waals surface area contributed by atoms with E-state index in [2.05, 4.69) is 0 Å². The molecule has 0 aliphatic heterocycles. The summed E-state index contributed by atoms with van der Waals surface area (Å²) in [7, 11) is 1.54. The van der Waals surface area contributed by atoms with E-state index < -0.39 is 5.82 Å². The highest BCUT2D eigenvalue weighted by molar-refractivity contribution is 5.40. The van der Waals surface area contributed by atoms with Crippen LogP contribution in [0.1, 0.15) is 16.7 Å². The zero-order valence-corrected chi connectivity index (χ0v) is 11.5. The predicted octanol–water partition coefficient (Wildman–Crippen LogP) is 2.78. The molecule has 0 amide bonds. The van der Waals surface area contributed by atoms with E-state index in [4.69, 9.17) is 14.7 Å². The van der Waals surface area contributed by atoms with Gasteiger partial charge in [0.1, 0.15) is 30.0 Å². The molecule has 5 heteroatoms. The van der Waals surface area contributed by atoms with Crippen LogP contribution in [-0.2, 0) is 13.2 Å². The maximum Gasteiger partial charge on any atom is 0.140 e. The first kappa shape index (κ1) is 14.8. The minimum atomic E-state index is -0.554. The average Bonchev–Trinajstić information content (AvgIpc) is 2.53. The molecule has 0 saturated carbocycles. The number of aliphatic hydroxyl groups is 1. The van der Waals surface area contributed by atoms with Crippen molar-refractivity contribution in [3.8, 4) is 17.6 Å². The first-order valence-corrected chi connectivity index (χ1v) is 6.27. The molecular weight excluding hydrogens is 273 g/mol. The van der Waals surface area contributed by atoms with Gasteiger partial charge in [-0.3, -0.25) is 0 Å². The van der Waals surface area contributed by atoms with Crippen LogP contribution in [0.4, 0.5) is 4.39 Å². The van der Waals surface area contributed by atoms with Gasteiger partial charge in [-0.1, -0.05) is 6.07 Å². The van der Waals surface area contributed by atoms with Gasteiger partial charge in [-0.25, -0.2) is 4.39 Å². The second-order valence-electron chi connectivity index (χ2n) is 4.35. The van der Waals surface area contributed by atoms with Crippen LogP contribution in [0.2, 0.25) is 0 Å². The molecule has 0 saturated heterocycles. The lowest BCUT2D eigenvalue weighted by molar-refractivity contribution is 0.258. The van der Waals surface area contributed by atoms with Gasteiger partial charge in [0, 0.05) is 5.56 Å². The lowest BCUT2D eigenvalue weighted by atomic mass is 10.1. The smallest absolute Gasteiger partial charge is 0.140 e. The van der Waals surface area contributed by atoms with Crippen molar-refractivity contribution in [2.75, 3.05) is 7.11 Å². The summed E-state index contributed by atoms with van der Waals surface area (Å²) in [5.41, 5.74) is 1.25. The van der Waals surface area contributed by atoms with E-state index in [1.165, 1.54) is 12.1 Å². The number of rotatable bonds is 5. The number of hydrogen-bond donors (Lipinski definition) is 1. The molecule has 0 aliphatic rings. The first-order chi connectivity index (χ1) is 10.2. The maximum absolute atomic E-state index is 13.2. The topological polar surface area (TPSA) is 62.5 Å². The largest absolute Gasteiger partial charge is 0.497 e. The quantitative estimate of drug-likeness (QED) is 0.918. The van der Waals surface area contributed by atoms with E-state index in [9.17, 15) is 9.50 Å². The Morgan fingerprint density at radius 2 is 2.05 bits per heavy atom. The molecule has 0 fully saturated rings. The van der Waals surface area contributed by atoms with Crippen molar-refractivity contribution < 1.29 is 19.0 Å². The summed E-state index contributed by atoms with van der Waals surface area (Å²) in [6.07, 6.45) is 0. The van der Waals surface area contributed by atoms with Crippen LogP contribution in [0.15, 0.2) is 36.4 Å². The third-order valence-electron chi connectivity index (χ3n) is 2.98. The summed E-state index contributed by atoms with van der Waals surface area (Å²) in [4.78, 5) is 0. The molecule has 2 rings (SSSR count). The number of benzene rings is 2. The molecule has 0 radical (unpaired) electrons. The summed E-state index contributed by atoms with van der Waals surface area (Å²) in [5, 5.41) is 18.1. The Bertz CT molecular complexity index is 680. The Morgan fingerprint density at radius 1 is 1.24 bits per heavy atom. The molecule has 0 atom stereocenters. The van der Waals surface area contributed by atoms with Crippen molar-refractivity contribution in [3.05, 3.63) is 58.9 Å². The minimum absolute atomic E-state index is 0.0202. The van der Waals surface area contributed by atoms with Gasteiger partial charge < -0.3 is 14.6 Å². The van der Waals surface area contributed by atoms with E-state index >= 15 is 0 Å². The van der Waals surface area contributed by atoms with Gasteiger partial charge in [0.25, 0.3) is 0 Å². The molecule has 0 bridgehead atoms. The molecule has 21 heavy (non-hydrogen) atoms. The summed E-state index contributed by atoms with van der Waals surface area (Å²) in [5.74, 6) is 0.586. The summed E-state index contributed by atoms with van der Waals surface area (Å²) < 4.78 is 23.9. The average molecular weight is 287 g/mol. The fraction of sp³-hybridized carbons (Fsp3) is 0.188. The van der Waals surface area contributed by atoms with Crippen LogP contribution in [0.3, 0.4) is 0 Å². The first-order valence-electron chi connectivity index (χ1n) is 6.27. The highest BCUT2D eigenvalue weighted by Gasteiger charge is 2.07. The van der Waals surface area contributed by atoms with Gasteiger partial charge >= 0.3 is 0 Å². The SMILES string of the molecule is COc1ccc(OCc2ccc(F)c(C#N)c2)c(CO)c1. The van der Waals surface area contributed by atoms with Crippen LogP contribution in [0.5, 0.6) is 11.5 Å². The molecule has 0 unspecified atom stereocenters. The van der Waals surface area contributed by atoms with Crippen molar-refractivity contribution in [2.45, 2.75) is 13.2 Å². The van der Waals surface area contributed by atoms with Crippen LogP contribution < -0.4 is 9.47 Å². The zero-order chi connectivity index (χ0) is 15.2. The number of aliphatic hydroxyl groups excluding tert-OH is 1. The second-order valence-corrected chi connectivity index (χ2v) is 4.35. The molecule has 0 aliphatic carbocycles. The molecular formula is C16H14FNO3. The predicted molar refractivity (Wildman–Crippen MR) is 74.4 cm³/mol. The minimum Gasteiger partial charge on any atom is -0.497 e. The fourth-order valence-corrected chi connectivity index (χ4v) is 1.86. The number of nitrogens with zero attached hydrogens (tertiary/aromatic N) is 1. The molecule has 0 heterocycles. The summed E-state index contributed by atoms with van der Waals surface area (Å²) in [6.45, 7) is -0.00626. The second kappa shape index (κ2) is 6.73. The van der Waals surface area contributed by atoms with Gasteiger partial charge in [-0.05, 0) is 35.9 Å². The Morgan fingerprint density at radius 3 is 2.71 bits per heavy atom. The number of methoxy groups -OCH3 is 1. The normalized spacial score (nSPS) is 10.0. The number of halogens is 1. The van der Waals surface area contributed by atoms with Crippen molar-refractivity contribution in [2.24, 2.45) is 0 Å².